The molecule has 0 aromatic heterocycles. The maximum absolute atomic E-state index is 12.2. The second kappa shape index (κ2) is 6.37. The van der Waals surface area contributed by atoms with E-state index in [2.05, 4.69) is 19.2 Å². The van der Waals surface area contributed by atoms with Gasteiger partial charge in [0.05, 0.1) is 6.10 Å². The minimum absolute atomic E-state index is 0.0345. The number of aliphatic hydroxyl groups excluding tert-OH is 1. The molecule has 0 radical (unpaired) electrons. The molecule has 2 N–H and O–H groups in total. The quantitative estimate of drug-likeness (QED) is 0.846. The first-order chi connectivity index (χ1) is 9.80. The van der Waals surface area contributed by atoms with Crippen LogP contribution in [0.2, 0.25) is 5.02 Å². The molecular weight excluding hydrogens is 286 g/mol. The van der Waals surface area contributed by atoms with Crippen LogP contribution in [-0.2, 0) is 4.79 Å². The Labute approximate surface area is 131 Å². The van der Waals surface area contributed by atoms with Gasteiger partial charge >= 0.3 is 0 Å². The Morgan fingerprint density at radius 3 is 2.76 bits per heavy atom. The molecule has 1 amide bonds. The molecule has 1 aliphatic rings. The van der Waals surface area contributed by atoms with Crippen molar-refractivity contribution in [2.24, 2.45) is 11.3 Å². The number of hydrogen-bond donors (Lipinski definition) is 2. The minimum Gasteiger partial charge on any atom is -0.393 e. The second-order valence-corrected chi connectivity index (χ2v) is 7.31. The molecule has 0 heterocycles. The van der Waals surface area contributed by atoms with E-state index in [1.807, 2.05) is 24.3 Å². The second-order valence-electron chi connectivity index (χ2n) is 6.91. The average molecular weight is 310 g/mol. The number of nitrogens with one attached hydrogen (secondary N) is 1. The molecule has 3 unspecified atom stereocenters. The Morgan fingerprint density at radius 2 is 2.14 bits per heavy atom. The summed E-state index contributed by atoms with van der Waals surface area (Å²) in [6, 6.07) is 7.73. The van der Waals surface area contributed by atoms with Crippen molar-refractivity contribution in [1.82, 2.24) is 5.32 Å². The smallest absolute Gasteiger partial charge is 0.223 e. The largest absolute Gasteiger partial charge is 0.393 e. The average Bonchev–Trinajstić information content (AvgIpc) is 3.15. The van der Waals surface area contributed by atoms with Crippen molar-refractivity contribution >= 4 is 17.5 Å². The van der Waals surface area contributed by atoms with Crippen molar-refractivity contribution in [2.45, 2.75) is 45.6 Å². The van der Waals surface area contributed by atoms with Crippen molar-refractivity contribution in [3.05, 3.63) is 34.9 Å². The van der Waals surface area contributed by atoms with E-state index in [0.29, 0.717) is 13.0 Å². The van der Waals surface area contributed by atoms with Crippen LogP contribution in [0.25, 0.3) is 0 Å². The molecule has 1 saturated carbocycles. The number of amides is 1. The molecule has 0 saturated heterocycles. The summed E-state index contributed by atoms with van der Waals surface area (Å²) in [6.07, 6.45) is 1.19. The van der Waals surface area contributed by atoms with E-state index in [1.165, 1.54) is 0 Å². The monoisotopic (exact) mass is 309 g/mol. The molecule has 0 bridgehead atoms. The van der Waals surface area contributed by atoms with E-state index in [4.69, 9.17) is 11.6 Å². The zero-order valence-corrected chi connectivity index (χ0v) is 13.7. The summed E-state index contributed by atoms with van der Waals surface area (Å²) >= 11 is 6.18. The predicted octanol–water partition coefficient (Wildman–Crippen LogP) is 3.36. The lowest BCUT2D eigenvalue weighted by Crippen LogP contribution is -2.36. The lowest BCUT2D eigenvalue weighted by molar-refractivity contribution is -0.123. The van der Waals surface area contributed by atoms with Crippen molar-refractivity contribution in [3.63, 3.8) is 0 Å². The van der Waals surface area contributed by atoms with E-state index in [1.54, 1.807) is 6.92 Å². The van der Waals surface area contributed by atoms with Gasteiger partial charge in [-0.1, -0.05) is 43.6 Å². The number of rotatable bonds is 6. The SMILES string of the molecule is CC(O)CC(C)(C)CNC(=O)C1CC1c1ccccc1Cl. The van der Waals surface area contributed by atoms with Crippen LogP contribution in [0.3, 0.4) is 0 Å². The molecule has 4 heteroatoms. The van der Waals surface area contributed by atoms with Gasteiger partial charge in [0.2, 0.25) is 5.91 Å². The summed E-state index contributed by atoms with van der Waals surface area (Å²) < 4.78 is 0. The maximum atomic E-state index is 12.2. The van der Waals surface area contributed by atoms with Crippen LogP contribution < -0.4 is 5.32 Å². The van der Waals surface area contributed by atoms with Gasteiger partial charge in [-0.25, -0.2) is 0 Å². The number of carbonyl (C=O) groups is 1. The lowest BCUT2D eigenvalue weighted by atomic mass is 9.87. The highest BCUT2D eigenvalue weighted by Gasteiger charge is 2.44. The fourth-order valence-corrected chi connectivity index (χ4v) is 3.21. The summed E-state index contributed by atoms with van der Waals surface area (Å²) in [5, 5.41) is 13.2. The Balaban J connectivity index is 1.85. The van der Waals surface area contributed by atoms with Gasteiger partial charge in [-0.15, -0.1) is 0 Å². The van der Waals surface area contributed by atoms with E-state index in [9.17, 15) is 9.90 Å². The third-order valence-corrected chi connectivity index (χ3v) is 4.37. The van der Waals surface area contributed by atoms with E-state index in [0.717, 1.165) is 17.0 Å². The molecule has 1 aliphatic carbocycles. The first-order valence-corrected chi connectivity index (χ1v) is 7.88. The summed E-state index contributed by atoms with van der Waals surface area (Å²) in [6.45, 7) is 6.47. The van der Waals surface area contributed by atoms with Crippen LogP contribution in [0, 0.1) is 11.3 Å². The van der Waals surface area contributed by atoms with Crippen LogP contribution >= 0.6 is 11.6 Å². The third kappa shape index (κ3) is 4.45. The molecule has 1 aromatic rings. The molecule has 3 nitrogen and oxygen atoms in total. The molecule has 2 rings (SSSR count). The van der Waals surface area contributed by atoms with Gasteiger partial charge in [-0.3, -0.25) is 4.79 Å². The summed E-state index contributed by atoms with van der Waals surface area (Å²) in [7, 11) is 0. The Morgan fingerprint density at radius 1 is 1.48 bits per heavy atom. The Kier molecular flexibility index (Phi) is 4.95. The predicted molar refractivity (Wildman–Crippen MR) is 85.4 cm³/mol. The number of halogens is 1. The standard InChI is InChI=1S/C17H24ClNO2/c1-11(20)9-17(2,3)10-19-16(21)14-8-13(14)12-6-4-5-7-15(12)18/h4-7,11,13-14,20H,8-10H2,1-3H3,(H,19,21). The van der Waals surface area contributed by atoms with E-state index < -0.39 is 0 Å². The molecule has 3 atom stereocenters. The molecule has 1 fully saturated rings. The van der Waals surface area contributed by atoms with Crippen LogP contribution in [-0.4, -0.2) is 23.7 Å². The Hall–Kier alpha value is -1.06. The topological polar surface area (TPSA) is 49.3 Å². The van der Waals surface area contributed by atoms with Gasteiger partial charge in [-0.2, -0.15) is 0 Å². The summed E-state index contributed by atoms with van der Waals surface area (Å²) in [5.41, 5.74) is 0.973. The van der Waals surface area contributed by atoms with Crippen LogP contribution in [0.5, 0.6) is 0 Å². The number of aliphatic hydroxyl groups is 1. The van der Waals surface area contributed by atoms with Gasteiger partial charge in [-0.05, 0) is 42.7 Å². The zero-order chi connectivity index (χ0) is 15.6. The highest BCUT2D eigenvalue weighted by atomic mass is 35.5. The highest BCUT2D eigenvalue weighted by molar-refractivity contribution is 6.31. The van der Waals surface area contributed by atoms with Crippen LogP contribution in [0.1, 0.15) is 45.1 Å². The van der Waals surface area contributed by atoms with Gasteiger partial charge in [0, 0.05) is 17.5 Å². The number of hydrogen-bond acceptors (Lipinski definition) is 2. The van der Waals surface area contributed by atoms with Crippen molar-refractivity contribution < 1.29 is 9.90 Å². The van der Waals surface area contributed by atoms with Crippen molar-refractivity contribution in [3.8, 4) is 0 Å². The molecule has 0 aliphatic heterocycles. The van der Waals surface area contributed by atoms with E-state index >= 15 is 0 Å². The van der Waals surface area contributed by atoms with E-state index in [-0.39, 0.29) is 29.3 Å². The van der Waals surface area contributed by atoms with Crippen molar-refractivity contribution in [2.75, 3.05) is 6.54 Å². The first kappa shape index (κ1) is 16.3. The summed E-state index contributed by atoms with van der Waals surface area (Å²) in [5.74, 6) is 0.379. The number of carbonyl (C=O) groups excluding carboxylic acids is 1. The summed E-state index contributed by atoms with van der Waals surface area (Å²) in [4.78, 5) is 12.2. The van der Waals surface area contributed by atoms with Gasteiger partial charge < -0.3 is 10.4 Å². The zero-order valence-electron chi connectivity index (χ0n) is 12.9. The van der Waals surface area contributed by atoms with Crippen LogP contribution in [0.4, 0.5) is 0 Å². The van der Waals surface area contributed by atoms with Gasteiger partial charge in [0.25, 0.3) is 0 Å². The van der Waals surface area contributed by atoms with Crippen LogP contribution in [0.15, 0.2) is 24.3 Å². The number of benzene rings is 1. The Bertz CT molecular complexity index is 513. The fourth-order valence-electron chi connectivity index (χ4n) is 2.93. The lowest BCUT2D eigenvalue weighted by Gasteiger charge is -2.26. The first-order valence-electron chi connectivity index (χ1n) is 7.50. The normalized spacial score (nSPS) is 22.7. The minimum atomic E-state index is -0.353. The molecular formula is C17H24ClNO2. The fraction of sp³-hybridized carbons (Fsp3) is 0.588. The maximum Gasteiger partial charge on any atom is 0.223 e. The molecule has 21 heavy (non-hydrogen) atoms. The van der Waals surface area contributed by atoms with Gasteiger partial charge in [0.1, 0.15) is 0 Å². The highest BCUT2D eigenvalue weighted by Crippen LogP contribution is 2.49. The molecule has 116 valence electrons. The molecule has 0 spiro atoms. The third-order valence-electron chi connectivity index (χ3n) is 4.02. The van der Waals surface area contributed by atoms with Gasteiger partial charge in [0.15, 0.2) is 0 Å². The molecule has 1 aromatic carbocycles. The van der Waals surface area contributed by atoms with Crippen molar-refractivity contribution in [1.29, 1.82) is 0 Å².